The Morgan fingerprint density at radius 3 is 3.07 bits per heavy atom. The summed E-state index contributed by atoms with van der Waals surface area (Å²) >= 11 is 3.38. The molecule has 1 aliphatic rings. The number of nitrogens with one attached hydrogen (secondary N) is 1. The fraction of sp³-hybridized carbons (Fsp3) is 0.500. The number of rotatable bonds is 1. The Labute approximate surface area is 91.3 Å². The summed E-state index contributed by atoms with van der Waals surface area (Å²) in [5.74, 6) is 0. The van der Waals surface area contributed by atoms with Gasteiger partial charge in [-0.25, -0.2) is 0 Å². The molecule has 0 saturated carbocycles. The van der Waals surface area contributed by atoms with Crippen LogP contribution in [-0.4, -0.2) is 17.7 Å². The van der Waals surface area contributed by atoms with Crippen LogP contribution in [0.3, 0.4) is 0 Å². The lowest BCUT2D eigenvalue weighted by Gasteiger charge is -2.24. The molecule has 1 aromatic rings. The molecule has 0 radical (unpaired) electrons. The number of piperidine rings is 1. The first-order chi connectivity index (χ1) is 6.77. The molecule has 76 valence electrons. The minimum Gasteiger partial charge on any atom is -0.315 e. The molecule has 0 bridgehead atoms. The van der Waals surface area contributed by atoms with Crippen LogP contribution < -0.4 is 10.9 Å². The number of halogens is 1. The van der Waals surface area contributed by atoms with E-state index in [1.165, 1.54) is 0 Å². The van der Waals surface area contributed by atoms with Gasteiger partial charge in [-0.05, 0) is 41.4 Å². The molecular formula is C10H13BrN2O. The molecule has 2 heterocycles. The summed E-state index contributed by atoms with van der Waals surface area (Å²) in [6, 6.07) is 3.71. The predicted molar refractivity (Wildman–Crippen MR) is 59.5 cm³/mol. The Morgan fingerprint density at radius 1 is 1.50 bits per heavy atom. The molecule has 1 saturated heterocycles. The van der Waals surface area contributed by atoms with Gasteiger partial charge in [0.05, 0.1) is 0 Å². The second kappa shape index (κ2) is 4.28. The van der Waals surface area contributed by atoms with Crippen LogP contribution in [0.2, 0.25) is 0 Å². The van der Waals surface area contributed by atoms with Crippen LogP contribution in [0.4, 0.5) is 0 Å². The highest BCUT2D eigenvalue weighted by Gasteiger charge is 2.15. The quantitative estimate of drug-likeness (QED) is 0.827. The van der Waals surface area contributed by atoms with Crippen LogP contribution in [0.5, 0.6) is 0 Å². The minimum atomic E-state index is 0.0851. The second-order valence-electron chi connectivity index (χ2n) is 3.59. The lowest BCUT2D eigenvalue weighted by molar-refractivity contribution is 0.364. The maximum absolute atomic E-state index is 11.6. The van der Waals surface area contributed by atoms with Crippen LogP contribution in [0, 0.1) is 0 Å². The van der Waals surface area contributed by atoms with Crippen LogP contribution >= 0.6 is 15.9 Å². The molecule has 0 aromatic carbocycles. The van der Waals surface area contributed by atoms with Gasteiger partial charge in [0.25, 0.3) is 5.56 Å². The molecule has 3 nitrogen and oxygen atoms in total. The van der Waals surface area contributed by atoms with Crippen molar-refractivity contribution in [2.45, 2.75) is 18.9 Å². The first-order valence-corrected chi connectivity index (χ1v) is 5.65. The van der Waals surface area contributed by atoms with Gasteiger partial charge in [-0.1, -0.05) is 0 Å². The van der Waals surface area contributed by atoms with Gasteiger partial charge in [0.15, 0.2) is 0 Å². The van der Waals surface area contributed by atoms with Gasteiger partial charge in [-0.2, -0.15) is 0 Å². The fourth-order valence-corrected chi connectivity index (χ4v) is 2.19. The first-order valence-electron chi connectivity index (χ1n) is 4.86. The number of nitrogens with zero attached hydrogens (tertiary/aromatic N) is 1. The fourth-order valence-electron chi connectivity index (χ4n) is 1.83. The standard InChI is InChI=1S/C10H13BrN2O/c11-8-3-4-10(14)13(7-8)9-2-1-5-12-6-9/h3-4,7,9,12H,1-2,5-6H2. The zero-order valence-corrected chi connectivity index (χ0v) is 9.46. The molecule has 2 rings (SSSR count). The molecular weight excluding hydrogens is 244 g/mol. The highest BCUT2D eigenvalue weighted by molar-refractivity contribution is 9.10. The number of aromatic nitrogens is 1. The number of pyridine rings is 1. The van der Waals surface area contributed by atoms with E-state index in [0.29, 0.717) is 6.04 Å². The summed E-state index contributed by atoms with van der Waals surface area (Å²) < 4.78 is 2.78. The summed E-state index contributed by atoms with van der Waals surface area (Å²) in [5, 5.41) is 3.30. The van der Waals surface area contributed by atoms with Gasteiger partial charge in [0.1, 0.15) is 0 Å². The molecule has 1 aromatic heterocycles. The summed E-state index contributed by atoms with van der Waals surface area (Å²) in [4.78, 5) is 11.6. The van der Waals surface area contributed by atoms with Crippen molar-refractivity contribution in [3.05, 3.63) is 33.2 Å². The van der Waals surface area contributed by atoms with Gasteiger partial charge in [-0.15, -0.1) is 0 Å². The van der Waals surface area contributed by atoms with Crippen molar-refractivity contribution in [1.29, 1.82) is 0 Å². The first kappa shape index (κ1) is 9.93. The molecule has 14 heavy (non-hydrogen) atoms. The van der Waals surface area contributed by atoms with Gasteiger partial charge < -0.3 is 9.88 Å². The largest absolute Gasteiger partial charge is 0.315 e. The summed E-state index contributed by atoms with van der Waals surface area (Å²) in [6.07, 6.45) is 4.10. The van der Waals surface area contributed by atoms with Crippen molar-refractivity contribution in [2.24, 2.45) is 0 Å². The second-order valence-corrected chi connectivity index (χ2v) is 4.51. The van der Waals surface area contributed by atoms with Crippen molar-refractivity contribution in [2.75, 3.05) is 13.1 Å². The van der Waals surface area contributed by atoms with Crippen molar-refractivity contribution in [3.8, 4) is 0 Å². The zero-order chi connectivity index (χ0) is 9.97. The van der Waals surface area contributed by atoms with E-state index in [1.54, 1.807) is 12.1 Å². The lowest BCUT2D eigenvalue weighted by Crippen LogP contribution is -2.36. The highest BCUT2D eigenvalue weighted by atomic mass is 79.9. The third kappa shape index (κ3) is 2.07. The van der Waals surface area contributed by atoms with E-state index in [9.17, 15) is 4.79 Å². The molecule has 0 aliphatic carbocycles. The molecule has 0 amide bonds. The van der Waals surface area contributed by atoms with Gasteiger partial charge >= 0.3 is 0 Å². The maximum Gasteiger partial charge on any atom is 0.250 e. The summed E-state index contributed by atoms with van der Waals surface area (Å²) in [6.45, 7) is 1.97. The Kier molecular flexibility index (Phi) is 3.03. The normalized spacial score (nSPS) is 22.2. The van der Waals surface area contributed by atoms with Crippen LogP contribution in [0.15, 0.2) is 27.6 Å². The van der Waals surface area contributed by atoms with Gasteiger partial charge in [-0.3, -0.25) is 4.79 Å². The van der Waals surface area contributed by atoms with Crippen molar-refractivity contribution in [3.63, 3.8) is 0 Å². The van der Waals surface area contributed by atoms with E-state index in [2.05, 4.69) is 21.2 Å². The highest BCUT2D eigenvalue weighted by Crippen LogP contribution is 2.16. The maximum atomic E-state index is 11.6. The molecule has 1 fully saturated rings. The van der Waals surface area contributed by atoms with Crippen molar-refractivity contribution < 1.29 is 0 Å². The Morgan fingerprint density at radius 2 is 2.36 bits per heavy atom. The Balaban J connectivity index is 2.29. The Hall–Kier alpha value is -0.610. The number of hydrogen-bond acceptors (Lipinski definition) is 2. The van der Waals surface area contributed by atoms with Crippen molar-refractivity contribution >= 4 is 15.9 Å². The molecule has 4 heteroatoms. The Bertz CT molecular complexity index is 369. The molecule has 1 atom stereocenters. The SMILES string of the molecule is O=c1ccc(Br)cn1C1CCCNC1. The van der Waals surface area contributed by atoms with Gasteiger partial charge in [0.2, 0.25) is 0 Å². The van der Waals surface area contributed by atoms with Crippen molar-refractivity contribution in [1.82, 2.24) is 9.88 Å². The van der Waals surface area contributed by atoms with E-state index >= 15 is 0 Å². The van der Waals surface area contributed by atoms with E-state index < -0.39 is 0 Å². The molecule has 1 aliphatic heterocycles. The van der Waals surface area contributed by atoms with E-state index in [4.69, 9.17) is 0 Å². The average molecular weight is 257 g/mol. The topological polar surface area (TPSA) is 34.0 Å². The minimum absolute atomic E-state index is 0.0851. The third-order valence-electron chi connectivity index (χ3n) is 2.57. The molecule has 0 spiro atoms. The summed E-state index contributed by atoms with van der Waals surface area (Å²) in [7, 11) is 0. The van der Waals surface area contributed by atoms with Crippen LogP contribution in [-0.2, 0) is 0 Å². The van der Waals surface area contributed by atoms with E-state index in [0.717, 1.165) is 30.4 Å². The lowest BCUT2D eigenvalue weighted by atomic mass is 10.1. The van der Waals surface area contributed by atoms with Crippen LogP contribution in [0.1, 0.15) is 18.9 Å². The van der Waals surface area contributed by atoms with E-state index in [-0.39, 0.29) is 5.56 Å². The zero-order valence-electron chi connectivity index (χ0n) is 7.87. The monoisotopic (exact) mass is 256 g/mol. The number of hydrogen-bond donors (Lipinski definition) is 1. The predicted octanol–water partition coefficient (Wildman–Crippen LogP) is 1.54. The molecule has 1 N–H and O–H groups in total. The van der Waals surface area contributed by atoms with E-state index in [1.807, 2.05) is 10.8 Å². The molecule has 1 unspecified atom stereocenters. The average Bonchev–Trinajstić information content (AvgIpc) is 2.23. The van der Waals surface area contributed by atoms with Gasteiger partial charge in [0, 0.05) is 29.3 Å². The van der Waals surface area contributed by atoms with Crippen LogP contribution in [0.25, 0.3) is 0 Å². The summed E-state index contributed by atoms with van der Waals surface area (Å²) in [5.41, 5.74) is 0.0851. The third-order valence-corrected chi connectivity index (χ3v) is 3.04. The smallest absolute Gasteiger partial charge is 0.250 e.